The fourth-order valence-electron chi connectivity index (χ4n) is 2.39. The van der Waals surface area contributed by atoms with E-state index in [1.54, 1.807) is 11.9 Å². The van der Waals surface area contributed by atoms with Crippen LogP contribution in [0.5, 0.6) is 0 Å². The molecule has 0 aliphatic carbocycles. The molecule has 0 aromatic heterocycles. The lowest BCUT2D eigenvalue weighted by Gasteiger charge is -2.24. The van der Waals surface area contributed by atoms with E-state index in [0.29, 0.717) is 18.8 Å². The first-order chi connectivity index (χ1) is 9.79. The molecular weight excluding hydrogens is 296 g/mol. The van der Waals surface area contributed by atoms with Gasteiger partial charge in [-0.1, -0.05) is 0 Å². The van der Waals surface area contributed by atoms with Crippen molar-refractivity contribution in [1.82, 2.24) is 0 Å². The quantitative estimate of drug-likeness (QED) is 0.825. The second-order valence-electron chi connectivity index (χ2n) is 5.04. The van der Waals surface area contributed by atoms with E-state index in [9.17, 15) is 18.3 Å². The van der Waals surface area contributed by atoms with Gasteiger partial charge in [-0.05, 0) is 31.0 Å². The molecule has 1 aliphatic heterocycles. The van der Waals surface area contributed by atoms with Gasteiger partial charge < -0.3 is 14.7 Å². The number of ether oxygens (including phenoxy) is 1. The molecule has 2 rings (SSSR count). The smallest absolute Gasteiger partial charge is 0.337 e. The van der Waals surface area contributed by atoms with Crippen molar-refractivity contribution in [3.63, 3.8) is 0 Å². The summed E-state index contributed by atoms with van der Waals surface area (Å²) in [5, 5.41) is 14.3. The molecule has 1 saturated heterocycles. The number of aromatic carboxylic acids is 1. The van der Waals surface area contributed by atoms with Crippen molar-refractivity contribution in [2.75, 3.05) is 25.1 Å². The Morgan fingerprint density at radius 1 is 1.52 bits per heavy atom. The van der Waals surface area contributed by atoms with Gasteiger partial charge in [0.1, 0.15) is 0 Å². The first-order valence-corrected chi connectivity index (χ1v) is 8.06. The fraction of sp³-hybridized carbons (Fsp3) is 0.462. The molecule has 1 aliphatic rings. The van der Waals surface area contributed by atoms with Gasteiger partial charge in [-0.25, -0.2) is 18.4 Å². The summed E-state index contributed by atoms with van der Waals surface area (Å²) in [6.45, 7) is 1.27. The molecule has 0 bridgehead atoms. The molecular formula is C13H18N2O5S. The average Bonchev–Trinajstić information content (AvgIpc) is 2.89. The Bertz CT molecular complexity index is 638. The van der Waals surface area contributed by atoms with Crippen molar-refractivity contribution in [3.05, 3.63) is 23.8 Å². The zero-order valence-corrected chi connectivity index (χ0v) is 12.5. The number of rotatable bonds is 5. The van der Waals surface area contributed by atoms with Gasteiger partial charge in [-0.2, -0.15) is 0 Å². The topological polar surface area (TPSA) is 110 Å². The minimum atomic E-state index is -3.93. The highest BCUT2D eigenvalue weighted by Gasteiger charge is 2.22. The summed E-state index contributed by atoms with van der Waals surface area (Å²) < 4.78 is 28.2. The number of hydrogen-bond acceptors (Lipinski definition) is 5. The molecule has 0 spiro atoms. The van der Waals surface area contributed by atoms with Gasteiger partial charge in [0.15, 0.2) is 0 Å². The molecule has 3 N–H and O–H groups in total. The molecule has 1 heterocycles. The number of nitrogens with zero attached hydrogens (tertiary/aromatic N) is 1. The largest absolute Gasteiger partial charge is 0.478 e. The van der Waals surface area contributed by atoms with Gasteiger partial charge in [0, 0.05) is 20.2 Å². The molecule has 0 radical (unpaired) electrons. The first-order valence-electron chi connectivity index (χ1n) is 6.52. The molecule has 116 valence electrons. The van der Waals surface area contributed by atoms with Crippen molar-refractivity contribution >= 4 is 21.7 Å². The number of benzene rings is 1. The van der Waals surface area contributed by atoms with E-state index in [4.69, 9.17) is 9.88 Å². The average molecular weight is 314 g/mol. The zero-order valence-electron chi connectivity index (χ0n) is 11.7. The summed E-state index contributed by atoms with van der Waals surface area (Å²) >= 11 is 0. The Morgan fingerprint density at radius 2 is 2.24 bits per heavy atom. The number of primary sulfonamides is 1. The van der Waals surface area contributed by atoms with E-state index in [0.717, 1.165) is 18.9 Å². The number of nitrogens with two attached hydrogens (primary N) is 1. The van der Waals surface area contributed by atoms with E-state index in [-0.39, 0.29) is 16.6 Å². The third-order valence-electron chi connectivity index (χ3n) is 3.44. The highest BCUT2D eigenvalue weighted by atomic mass is 32.2. The highest BCUT2D eigenvalue weighted by molar-refractivity contribution is 7.89. The molecule has 0 saturated carbocycles. The Balaban J connectivity index is 2.31. The molecule has 7 nitrogen and oxygen atoms in total. The van der Waals surface area contributed by atoms with Crippen molar-refractivity contribution < 1.29 is 23.1 Å². The Morgan fingerprint density at radius 3 is 2.76 bits per heavy atom. The van der Waals surface area contributed by atoms with Crippen LogP contribution < -0.4 is 10.0 Å². The van der Waals surface area contributed by atoms with Crippen LogP contribution in [0.3, 0.4) is 0 Å². The third kappa shape index (κ3) is 3.72. The number of anilines is 1. The number of carboxylic acid groups (broad SMARTS) is 1. The van der Waals surface area contributed by atoms with Crippen LogP contribution in [0, 0.1) is 0 Å². The second kappa shape index (κ2) is 6.00. The maximum atomic E-state index is 11.3. The summed E-state index contributed by atoms with van der Waals surface area (Å²) in [4.78, 5) is 12.9. The summed E-state index contributed by atoms with van der Waals surface area (Å²) in [5.41, 5.74) is 0.340. The molecule has 21 heavy (non-hydrogen) atoms. The fourth-order valence-corrected chi connectivity index (χ4v) is 2.93. The number of carbonyl (C=O) groups is 1. The van der Waals surface area contributed by atoms with Gasteiger partial charge in [0.05, 0.1) is 22.3 Å². The second-order valence-corrected chi connectivity index (χ2v) is 6.61. The molecule has 1 atom stereocenters. The van der Waals surface area contributed by atoms with Gasteiger partial charge >= 0.3 is 5.97 Å². The number of hydrogen-bond donors (Lipinski definition) is 2. The summed E-state index contributed by atoms with van der Waals surface area (Å²) in [5.74, 6) is -1.20. The van der Waals surface area contributed by atoms with Crippen LogP contribution in [-0.2, 0) is 14.8 Å². The van der Waals surface area contributed by atoms with Crippen molar-refractivity contribution in [1.29, 1.82) is 0 Å². The van der Waals surface area contributed by atoms with Crippen LogP contribution in [0.1, 0.15) is 23.2 Å². The lowest BCUT2D eigenvalue weighted by molar-refractivity contribution is 0.0696. The molecule has 1 unspecified atom stereocenters. The molecule has 1 fully saturated rings. The Hall–Kier alpha value is -1.64. The monoisotopic (exact) mass is 314 g/mol. The predicted molar refractivity (Wildman–Crippen MR) is 77.0 cm³/mol. The van der Waals surface area contributed by atoms with E-state index in [1.807, 2.05) is 0 Å². The van der Waals surface area contributed by atoms with Gasteiger partial charge in [-0.15, -0.1) is 0 Å². The number of carboxylic acids is 1. The van der Waals surface area contributed by atoms with Crippen LogP contribution in [0.4, 0.5) is 5.69 Å². The van der Waals surface area contributed by atoms with E-state index in [2.05, 4.69) is 0 Å². The highest BCUT2D eigenvalue weighted by Crippen LogP contribution is 2.24. The molecule has 1 aromatic carbocycles. The van der Waals surface area contributed by atoms with Crippen LogP contribution in [0.15, 0.2) is 23.1 Å². The number of sulfonamides is 1. The van der Waals surface area contributed by atoms with Crippen molar-refractivity contribution in [3.8, 4) is 0 Å². The van der Waals surface area contributed by atoms with Gasteiger partial charge in [0.25, 0.3) is 0 Å². The minimum Gasteiger partial charge on any atom is -0.478 e. The van der Waals surface area contributed by atoms with Gasteiger partial charge in [0.2, 0.25) is 10.0 Å². The summed E-state index contributed by atoms with van der Waals surface area (Å²) in [6, 6.07) is 3.85. The van der Waals surface area contributed by atoms with E-state index < -0.39 is 16.0 Å². The van der Waals surface area contributed by atoms with E-state index >= 15 is 0 Å². The molecule has 1 aromatic rings. The predicted octanol–water partition coefficient (Wildman–Crippen LogP) is 0.647. The first kappa shape index (κ1) is 15.7. The maximum Gasteiger partial charge on any atom is 0.337 e. The summed E-state index contributed by atoms with van der Waals surface area (Å²) in [7, 11) is -2.18. The number of likely N-dealkylation sites (N-methyl/N-ethyl adjacent to an activating group) is 1. The van der Waals surface area contributed by atoms with Crippen molar-refractivity contribution in [2.24, 2.45) is 5.14 Å². The van der Waals surface area contributed by atoms with Crippen LogP contribution in [0.2, 0.25) is 0 Å². The third-order valence-corrected chi connectivity index (χ3v) is 4.35. The van der Waals surface area contributed by atoms with E-state index in [1.165, 1.54) is 12.1 Å². The molecule has 0 amide bonds. The standard InChI is InChI=1S/C13H18N2O5S/c1-15(8-9-3-2-6-20-9)12-5-4-10(21(14,18)19)7-11(12)13(16)17/h4-5,7,9H,2-3,6,8H2,1H3,(H,16,17)(H2,14,18,19). The lowest BCUT2D eigenvalue weighted by Crippen LogP contribution is -2.30. The van der Waals surface area contributed by atoms with Crippen LogP contribution >= 0.6 is 0 Å². The maximum absolute atomic E-state index is 11.3. The summed E-state index contributed by atoms with van der Waals surface area (Å²) in [6.07, 6.45) is 1.99. The van der Waals surface area contributed by atoms with Crippen LogP contribution in [-0.4, -0.2) is 45.8 Å². The SMILES string of the molecule is CN(CC1CCCO1)c1ccc(S(N)(=O)=O)cc1C(=O)O. The minimum absolute atomic E-state index is 0.0644. The van der Waals surface area contributed by atoms with Crippen molar-refractivity contribution in [2.45, 2.75) is 23.8 Å². The van der Waals surface area contributed by atoms with Crippen LogP contribution in [0.25, 0.3) is 0 Å². The zero-order chi connectivity index (χ0) is 15.6. The molecule has 8 heteroatoms. The Labute approximate surface area is 123 Å². The Kier molecular flexibility index (Phi) is 4.50. The van der Waals surface area contributed by atoms with Gasteiger partial charge in [-0.3, -0.25) is 0 Å². The normalized spacial score (nSPS) is 18.7. The lowest BCUT2D eigenvalue weighted by atomic mass is 10.1.